The normalized spacial score (nSPS) is 21.5. The Kier molecular flexibility index (Phi) is 7.10. The Bertz CT molecular complexity index is 478. The first-order valence-electron chi connectivity index (χ1n) is 9.00. The molecule has 0 radical (unpaired) electrons. The molecule has 1 aliphatic rings. The Labute approximate surface area is 140 Å². The lowest BCUT2D eigenvalue weighted by molar-refractivity contribution is -0.137. The van der Waals surface area contributed by atoms with Gasteiger partial charge in [-0.25, -0.2) is 0 Å². The van der Waals surface area contributed by atoms with E-state index in [-0.39, 0.29) is 6.42 Å². The second kappa shape index (κ2) is 9.07. The number of benzene rings is 1. The molecule has 0 bridgehead atoms. The monoisotopic (exact) mass is 318 g/mol. The Hall–Kier alpha value is -1.35. The average molecular weight is 318 g/mol. The number of ether oxygens (including phenoxy) is 1. The van der Waals surface area contributed by atoms with Crippen molar-refractivity contribution in [2.24, 2.45) is 0 Å². The third-order valence-corrected chi connectivity index (χ3v) is 4.65. The fourth-order valence-electron chi connectivity index (χ4n) is 3.52. The molecule has 0 aliphatic heterocycles. The summed E-state index contributed by atoms with van der Waals surface area (Å²) < 4.78 is 6.00. The highest BCUT2D eigenvalue weighted by molar-refractivity contribution is 5.66. The van der Waals surface area contributed by atoms with Gasteiger partial charge in [-0.1, -0.05) is 30.7 Å². The summed E-state index contributed by atoms with van der Waals surface area (Å²) >= 11 is 0. The maximum atomic E-state index is 10.5. The van der Waals surface area contributed by atoms with Crippen molar-refractivity contribution in [2.75, 3.05) is 0 Å². The van der Waals surface area contributed by atoms with Crippen LogP contribution in [0.5, 0.6) is 0 Å². The quantitative estimate of drug-likeness (QED) is 0.691. The van der Waals surface area contributed by atoms with Crippen LogP contribution in [0.2, 0.25) is 0 Å². The van der Waals surface area contributed by atoms with Crippen molar-refractivity contribution in [1.29, 1.82) is 0 Å². The van der Waals surface area contributed by atoms with Crippen LogP contribution in [0, 0.1) is 0 Å². The van der Waals surface area contributed by atoms with E-state index in [0.29, 0.717) is 18.1 Å². The highest BCUT2D eigenvalue weighted by Crippen LogP contribution is 2.34. The SMILES string of the molecule is CC(C)OC1CCCC(c2ccc(CCCCC(=O)O)cc2)C1. The van der Waals surface area contributed by atoms with Crippen LogP contribution in [0.1, 0.15) is 75.8 Å². The zero-order valence-corrected chi connectivity index (χ0v) is 14.5. The van der Waals surface area contributed by atoms with Crippen LogP contribution < -0.4 is 0 Å². The number of hydrogen-bond acceptors (Lipinski definition) is 2. The van der Waals surface area contributed by atoms with Gasteiger partial charge >= 0.3 is 5.97 Å². The van der Waals surface area contributed by atoms with Crippen molar-refractivity contribution in [3.8, 4) is 0 Å². The fourth-order valence-corrected chi connectivity index (χ4v) is 3.52. The van der Waals surface area contributed by atoms with Gasteiger partial charge in [-0.2, -0.15) is 0 Å². The molecule has 0 spiro atoms. The van der Waals surface area contributed by atoms with Crippen LogP contribution in [0.25, 0.3) is 0 Å². The largest absolute Gasteiger partial charge is 0.481 e. The van der Waals surface area contributed by atoms with Crippen LogP contribution in [0.3, 0.4) is 0 Å². The summed E-state index contributed by atoms with van der Waals surface area (Å²) in [6.45, 7) is 4.23. The van der Waals surface area contributed by atoms with Gasteiger partial charge in [0.05, 0.1) is 12.2 Å². The fraction of sp³-hybridized carbons (Fsp3) is 0.650. The molecule has 2 rings (SSSR count). The third-order valence-electron chi connectivity index (χ3n) is 4.65. The number of carboxylic acids is 1. The van der Waals surface area contributed by atoms with Crippen molar-refractivity contribution in [3.63, 3.8) is 0 Å². The first kappa shape index (κ1) is 18.0. The van der Waals surface area contributed by atoms with E-state index in [9.17, 15) is 4.79 Å². The lowest BCUT2D eigenvalue weighted by atomic mass is 9.82. The maximum Gasteiger partial charge on any atom is 0.303 e. The van der Waals surface area contributed by atoms with Gasteiger partial charge in [0.15, 0.2) is 0 Å². The Morgan fingerprint density at radius 2 is 1.96 bits per heavy atom. The molecule has 1 saturated carbocycles. The molecule has 3 heteroatoms. The van der Waals surface area contributed by atoms with Gasteiger partial charge in [-0.3, -0.25) is 4.79 Å². The second-order valence-corrected chi connectivity index (χ2v) is 7.01. The molecule has 1 aliphatic carbocycles. The topological polar surface area (TPSA) is 46.5 Å². The molecule has 1 aromatic carbocycles. The molecule has 2 atom stereocenters. The molecule has 0 heterocycles. The maximum absolute atomic E-state index is 10.5. The van der Waals surface area contributed by atoms with Crippen LogP contribution in [0.4, 0.5) is 0 Å². The predicted octanol–water partition coefficient (Wildman–Crippen LogP) is 4.94. The number of rotatable bonds is 8. The molecule has 1 aromatic rings. The summed E-state index contributed by atoms with van der Waals surface area (Å²) in [6, 6.07) is 8.94. The summed E-state index contributed by atoms with van der Waals surface area (Å²) in [5.74, 6) is -0.0793. The number of carbonyl (C=O) groups is 1. The molecule has 0 aromatic heterocycles. The minimum absolute atomic E-state index is 0.275. The van der Waals surface area contributed by atoms with Crippen LogP contribution in [-0.2, 0) is 16.0 Å². The van der Waals surface area contributed by atoms with Crippen molar-refractivity contribution >= 4 is 5.97 Å². The van der Waals surface area contributed by atoms with Gasteiger partial charge in [-0.05, 0) is 69.4 Å². The van der Waals surface area contributed by atoms with E-state index in [4.69, 9.17) is 9.84 Å². The van der Waals surface area contributed by atoms with E-state index >= 15 is 0 Å². The average Bonchev–Trinajstić information content (AvgIpc) is 2.52. The van der Waals surface area contributed by atoms with Gasteiger partial charge in [0.2, 0.25) is 0 Å². The van der Waals surface area contributed by atoms with Gasteiger partial charge in [0.25, 0.3) is 0 Å². The minimum Gasteiger partial charge on any atom is -0.481 e. The standard InChI is InChI=1S/C20H30O3/c1-15(2)23-19-8-5-7-18(14-19)17-12-10-16(11-13-17)6-3-4-9-20(21)22/h10-13,15,18-19H,3-9,14H2,1-2H3,(H,21,22). The van der Waals surface area contributed by atoms with Crippen LogP contribution in [0.15, 0.2) is 24.3 Å². The highest BCUT2D eigenvalue weighted by Gasteiger charge is 2.24. The zero-order chi connectivity index (χ0) is 16.7. The number of carboxylic acid groups (broad SMARTS) is 1. The molecular weight excluding hydrogens is 288 g/mol. The van der Waals surface area contributed by atoms with Gasteiger partial charge < -0.3 is 9.84 Å². The van der Waals surface area contributed by atoms with E-state index in [1.54, 1.807) is 0 Å². The van der Waals surface area contributed by atoms with Gasteiger partial charge in [0, 0.05) is 6.42 Å². The first-order valence-corrected chi connectivity index (χ1v) is 9.00. The molecule has 1 fully saturated rings. The van der Waals surface area contributed by atoms with E-state index in [1.807, 2.05) is 0 Å². The number of unbranched alkanes of at least 4 members (excludes halogenated alkanes) is 1. The van der Waals surface area contributed by atoms with Crippen molar-refractivity contribution in [1.82, 2.24) is 0 Å². The number of aliphatic carboxylic acids is 1. The molecule has 23 heavy (non-hydrogen) atoms. The first-order chi connectivity index (χ1) is 11.0. The molecule has 0 saturated heterocycles. The Balaban J connectivity index is 1.82. The summed E-state index contributed by atoms with van der Waals surface area (Å²) in [4.78, 5) is 10.5. The third kappa shape index (κ3) is 6.34. The van der Waals surface area contributed by atoms with Crippen LogP contribution >= 0.6 is 0 Å². The number of hydrogen-bond donors (Lipinski definition) is 1. The van der Waals surface area contributed by atoms with E-state index < -0.39 is 5.97 Å². The molecule has 0 amide bonds. The van der Waals surface area contributed by atoms with Crippen molar-refractivity contribution in [2.45, 2.75) is 83.3 Å². The predicted molar refractivity (Wildman–Crippen MR) is 92.9 cm³/mol. The minimum atomic E-state index is -0.698. The summed E-state index contributed by atoms with van der Waals surface area (Å²) in [5.41, 5.74) is 2.74. The lowest BCUT2D eigenvalue weighted by Crippen LogP contribution is -2.24. The lowest BCUT2D eigenvalue weighted by Gasteiger charge is -2.30. The van der Waals surface area contributed by atoms with E-state index in [0.717, 1.165) is 25.7 Å². The van der Waals surface area contributed by atoms with E-state index in [2.05, 4.69) is 38.1 Å². The van der Waals surface area contributed by atoms with Crippen LogP contribution in [-0.4, -0.2) is 23.3 Å². The van der Waals surface area contributed by atoms with Gasteiger partial charge in [-0.15, -0.1) is 0 Å². The van der Waals surface area contributed by atoms with Crippen molar-refractivity contribution < 1.29 is 14.6 Å². The Morgan fingerprint density at radius 3 is 2.61 bits per heavy atom. The zero-order valence-electron chi connectivity index (χ0n) is 14.5. The van der Waals surface area contributed by atoms with Crippen molar-refractivity contribution in [3.05, 3.63) is 35.4 Å². The Morgan fingerprint density at radius 1 is 1.22 bits per heavy atom. The molecular formula is C20H30O3. The van der Waals surface area contributed by atoms with Gasteiger partial charge in [0.1, 0.15) is 0 Å². The highest BCUT2D eigenvalue weighted by atomic mass is 16.5. The molecule has 1 N–H and O–H groups in total. The summed E-state index contributed by atoms with van der Waals surface area (Å²) in [6.07, 6.45) is 8.50. The molecule has 128 valence electrons. The smallest absolute Gasteiger partial charge is 0.303 e. The van der Waals surface area contributed by atoms with E-state index in [1.165, 1.54) is 30.4 Å². The number of aryl methyl sites for hydroxylation is 1. The summed E-state index contributed by atoms with van der Waals surface area (Å²) in [7, 11) is 0. The molecule has 2 unspecified atom stereocenters. The second-order valence-electron chi connectivity index (χ2n) is 7.01. The molecule has 3 nitrogen and oxygen atoms in total. The summed E-state index contributed by atoms with van der Waals surface area (Å²) in [5, 5.41) is 8.66.